The van der Waals surface area contributed by atoms with E-state index in [9.17, 15) is 9.18 Å². The van der Waals surface area contributed by atoms with Gasteiger partial charge in [0, 0.05) is 18.9 Å². The standard InChI is InChI=1S/C16H14FNO/c17-13-7-6-12-10-18-16(19)9-15(14(12)8-13)11-4-2-1-3-5-11/h1-8,15H,9-10H2,(H,18,19). The molecule has 2 aromatic carbocycles. The molecule has 1 heterocycles. The molecule has 1 unspecified atom stereocenters. The fraction of sp³-hybridized carbons (Fsp3) is 0.188. The summed E-state index contributed by atoms with van der Waals surface area (Å²) in [5.74, 6) is -0.325. The first-order chi connectivity index (χ1) is 9.24. The molecule has 2 aromatic rings. The molecule has 3 rings (SSSR count). The summed E-state index contributed by atoms with van der Waals surface area (Å²) in [7, 11) is 0. The largest absolute Gasteiger partial charge is 0.352 e. The summed E-state index contributed by atoms with van der Waals surface area (Å²) < 4.78 is 13.5. The molecule has 1 atom stereocenters. The Morgan fingerprint density at radius 3 is 2.68 bits per heavy atom. The maximum absolute atomic E-state index is 13.5. The predicted octanol–water partition coefficient (Wildman–Crippen LogP) is 2.98. The van der Waals surface area contributed by atoms with Gasteiger partial charge in [-0.25, -0.2) is 4.39 Å². The molecule has 3 heteroatoms. The summed E-state index contributed by atoms with van der Waals surface area (Å²) in [5, 5.41) is 2.86. The van der Waals surface area contributed by atoms with Crippen LogP contribution < -0.4 is 5.32 Å². The van der Waals surface area contributed by atoms with Gasteiger partial charge in [0.05, 0.1) is 0 Å². The number of carbonyl (C=O) groups excluding carboxylic acids is 1. The van der Waals surface area contributed by atoms with Gasteiger partial charge in [0.1, 0.15) is 5.82 Å². The van der Waals surface area contributed by atoms with Crippen LogP contribution in [0.25, 0.3) is 0 Å². The average Bonchev–Trinajstić information content (AvgIpc) is 2.59. The van der Waals surface area contributed by atoms with E-state index in [1.807, 2.05) is 30.3 Å². The second-order valence-corrected chi connectivity index (χ2v) is 4.79. The van der Waals surface area contributed by atoms with Crippen molar-refractivity contribution in [1.82, 2.24) is 5.32 Å². The molecule has 0 saturated heterocycles. The van der Waals surface area contributed by atoms with Crippen molar-refractivity contribution in [1.29, 1.82) is 0 Å². The van der Waals surface area contributed by atoms with Crippen molar-refractivity contribution in [2.45, 2.75) is 18.9 Å². The van der Waals surface area contributed by atoms with Gasteiger partial charge < -0.3 is 5.32 Å². The Bertz CT molecular complexity index is 609. The first kappa shape index (κ1) is 11.9. The minimum atomic E-state index is -0.256. The predicted molar refractivity (Wildman–Crippen MR) is 71.1 cm³/mol. The third kappa shape index (κ3) is 2.36. The van der Waals surface area contributed by atoms with E-state index in [2.05, 4.69) is 5.32 Å². The van der Waals surface area contributed by atoms with Crippen LogP contribution in [0.3, 0.4) is 0 Å². The molecule has 0 fully saturated rings. The normalized spacial score (nSPS) is 18.4. The lowest BCUT2D eigenvalue weighted by Crippen LogP contribution is -2.21. The van der Waals surface area contributed by atoms with Crippen LogP contribution in [0.1, 0.15) is 29.0 Å². The monoisotopic (exact) mass is 255 g/mol. The van der Waals surface area contributed by atoms with Gasteiger partial charge in [-0.2, -0.15) is 0 Å². The molecule has 0 saturated carbocycles. The quantitative estimate of drug-likeness (QED) is 0.834. The van der Waals surface area contributed by atoms with Crippen molar-refractivity contribution in [3.05, 3.63) is 71.0 Å². The molecule has 0 spiro atoms. The Labute approximate surface area is 111 Å². The third-order valence-corrected chi connectivity index (χ3v) is 3.55. The second kappa shape index (κ2) is 4.84. The van der Waals surface area contributed by atoms with Crippen LogP contribution in [-0.4, -0.2) is 5.91 Å². The number of hydrogen-bond donors (Lipinski definition) is 1. The van der Waals surface area contributed by atoms with Crippen molar-refractivity contribution in [2.24, 2.45) is 0 Å². The highest BCUT2D eigenvalue weighted by atomic mass is 19.1. The van der Waals surface area contributed by atoms with E-state index in [4.69, 9.17) is 0 Å². The zero-order valence-electron chi connectivity index (χ0n) is 10.4. The van der Waals surface area contributed by atoms with Crippen LogP contribution in [0.2, 0.25) is 0 Å². The van der Waals surface area contributed by atoms with Crippen LogP contribution >= 0.6 is 0 Å². The first-order valence-electron chi connectivity index (χ1n) is 6.34. The topological polar surface area (TPSA) is 29.1 Å². The van der Waals surface area contributed by atoms with Crippen molar-refractivity contribution in [2.75, 3.05) is 0 Å². The third-order valence-electron chi connectivity index (χ3n) is 3.55. The number of hydrogen-bond acceptors (Lipinski definition) is 1. The Kier molecular flexibility index (Phi) is 3.03. The second-order valence-electron chi connectivity index (χ2n) is 4.79. The Balaban J connectivity index is 2.12. The summed E-state index contributed by atoms with van der Waals surface area (Å²) in [6.07, 6.45) is 0.362. The van der Waals surface area contributed by atoms with Gasteiger partial charge in [-0.05, 0) is 28.8 Å². The molecule has 96 valence electrons. The van der Waals surface area contributed by atoms with E-state index in [0.29, 0.717) is 13.0 Å². The fourth-order valence-corrected chi connectivity index (χ4v) is 2.60. The first-order valence-corrected chi connectivity index (χ1v) is 6.34. The van der Waals surface area contributed by atoms with Gasteiger partial charge in [-0.15, -0.1) is 0 Å². The smallest absolute Gasteiger partial charge is 0.221 e. The summed E-state index contributed by atoms with van der Waals surface area (Å²) in [4.78, 5) is 11.8. The zero-order chi connectivity index (χ0) is 13.2. The van der Waals surface area contributed by atoms with Gasteiger partial charge in [-0.1, -0.05) is 36.4 Å². The SMILES string of the molecule is O=C1CC(c2ccccc2)c2cc(F)ccc2CN1. The molecule has 0 bridgehead atoms. The minimum absolute atomic E-state index is 0.00506. The summed E-state index contributed by atoms with van der Waals surface area (Å²) in [6, 6.07) is 14.5. The highest BCUT2D eigenvalue weighted by molar-refractivity contribution is 5.78. The molecule has 0 aromatic heterocycles. The van der Waals surface area contributed by atoms with Crippen LogP contribution in [-0.2, 0) is 11.3 Å². The van der Waals surface area contributed by atoms with E-state index in [0.717, 1.165) is 16.7 Å². The van der Waals surface area contributed by atoms with Crippen LogP contribution in [0.5, 0.6) is 0 Å². The van der Waals surface area contributed by atoms with Crippen molar-refractivity contribution < 1.29 is 9.18 Å². The fourth-order valence-electron chi connectivity index (χ4n) is 2.60. The van der Waals surface area contributed by atoms with E-state index in [-0.39, 0.29) is 17.6 Å². The number of carbonyl (C=O) groups is 1. The number of benzene rings is 2. The highest BCUT2D eigenvalue weighted by Gasteiger charge is 2.24. The molecule has 1 N–H and O–H groups in total. The van der Waals surface area contributed by atoms with E-state index >= 15 is 0 Å². The molecule has 1 aliphatic heterocycles. The van der Waals surface area contributed by atoms with Crippen LogP contribution in [0, 0.1) is 5.82 Å². The Hall–Kier alpha value is -2.16. The van der Waals surface area contributed by atoms with Gasteiger partial charge in [-0.3, -0.25) is 4.79 Å². The molecule has 0 aliphatic carbocycles. The molecule has 0 radical (unpaired) electrons. The minimum Gasteiger partial charge on any atom is -0.352 e. The Morgan fingerprint density at radius 2 is 1.89 bits per heavy atom. The van der Waals surface area contributed by atoms with E-state index in [1.165, 1.54) is 6.07 Å². The lowest BCUT2D eigenvalue weighted by molar-refractivity contribution is -0.121. The maximum Gasteiger partial charge on any atom is 0.221 e. The van der Waals surface area contributed by atoms with Crippen molar-refractivity contribution >= 4 is 5.91 Å². The molecular formula is C16H14FNO. The van der Waals surface area contributed by atoms with E-state index in [1.54, 1.807) is 12.1 Å². The maximum atomic E-state index is 13.5. The Morgan fingerprint density at radius 1 is 1.11 bits per heavy atom. The zero-order valence-corrected chi connectivity index (χ0v) is 10.4. The van der Waals surface area contributed by atoms with Gasteiger partial charge in [0.25, 0.3) is 0 Å². The highest BCUT2D eigenvalue weighted by Crippen LogP contribution is 2.32. The number of rotatable bonds is 1. The summed E-state index contributed by atoms with van der Waals surface area (Å²) in [5.41, 5.74) is 2.94. The summed E-state index contributed by atoms with van der Waals surface area (Å²) >= 11 is 0. The molecule has 1 amide bonds. The number of halogens is 1. The van der Waals surface area contributed by atoms with Crippen LogP contribution in [0.15, 0.2) is 48.5 Å². The number of amides is 1. The van der Waals surface area contributed by atoms with Crippen molar-refractivity contribution in [3.63, 3.8) is 0 Å². The molecular weight excluding hydrogens is 241 g/mol. The van der Waals surface area contributed by atoms with Gasteiger partial charge in [0.2, 0.25) is 5.91 Å². The van der Waals surface area contributed by atoms with Gasteiger partial charge in [0.15, 0.2) is 0 Å². The van der Waals surface area contributed by atoms with Crippen LogP contribution in [0.4, 0.5) is 4.39 Å². The lowest BCUT2D eigenvalue weighted by Gasteiger charge is -2.17. The lowest BCUT2D eigenvalue weighted by atomic mass is 9.86. The number of nitrogens with one attached hydrogen (secondary N) is 1. The molecule has 19 heavy (non-hydrogen) atoms. The summed E-state index contributed by atoms with van der Waals surface area (Å²) in [6.45, 7) is 0.470. The van der Waals surface area contributed by atoms with Crippen molar-refractivity contribution in [3.8, 4) is 0 Å². The van der Waals surface area contributed by atoms with E-state index < -0.39 is 0 Å². The number of fused-ring (bicyclic) bond motifs is 1. The molecule has 2 nitrogen and oxygen atoms in total. The average molecular weight is 255 g/mol. The molecule has 1 aliphatic rings. The van der Waals surface area contributed by atoms with Gasteiger partial charge >= 0.3 is 0 Å².